The standard InChI is InChI=1S/C22H34ClN3O3S/c1-3-15-30(28,29)26-13-11-25(12-14-26)22(9-5-4-6-10-22)17-24-21(27)19-8-7-18(2)20(23)16-19/h7-8,16H,3-6,9-15,17H2,1-2H3,(H,24,27). The van der Waals surface area contributed by atoms with E-state index < -0.39 is 10.0 Å². The summed E-state index contributed by atoms with van der Waals surface area (Å²) in [6.45, 7) is 6.90. The van der Waals surface area contributed by atoms with Crippen LogP contribution in [-0.2, 0) is 10.0 Å². The van der Waals surface area contributed by atoms with Gasteiger partial charge in [-0.3, -0.25) is 9.69 Å². The largest absolute Gasteiger partial charge is 0.350 e. The summed E-state index contributed by atoms with van der Waals surface area (Å²) in [5.74, 6) is 0.110. The van der Waals surface area contributed by atoms with Gasteiger partial charge in [0.2, 0.25) is 10.0 Å². The molecule has 1 heterocycles. The van der Waals surface area contributed by atoms with E-state index >= 15 is 0 Å². The minimum atomic E-state index is -3.15. The molecule has 1 aliphatic carbocycles. The van der Waals surface area contributed by atoms with E-state index in [9.17, 15) is 13.2 Å². The second kappa shape index (κ2) is 9.98. The number of amides is 1. The average Bonchev–Trinajstić information content (AvgIpc) is 2.75. The molecular weight excluding hydrogens is 422 g/mol. The molecule has 0 aromatic heterocycles. The van der Waals surface area contributed by atoms with E-state index in [4.69, 9.17) is 11.6 Å². The lowest BCUT2D eigenvalue weighted by molar-refractivity contribution is 0.0240. The number of hydrogen-bond donors (Lipinski definition) is 1. The number of carbonyl (C=O) groups is 1. The molecule has 6 nitrogen and oxygen atoms in total. The van der Waals surface area contributed by atoms with E-state index in [1.54, 1.807) is 16.4 Å². The smallest absolute Gasteiger partial charge is 0.251 e. The fourth-order valence-corrected chi connectivity index (χ4v) is 6.40. The van der Waals surface area contributed by atoms with Gasteiger partial charge in [-0.05, 0) is 43.9 Å². The quantitative estimate of drug-likeness (QED) is 0.683. The van der Waals surface area contributed by atoms with Crippen LogP contribution in [0.5, 0.6) is 0 Å². The predicted octanol–water partition coefficient (Wildman–Crippen LogP) is 3.44. The Labute approximate surface area is 186 Å². The van der Waals surface area contributed by atoms with Crippen molar-refractivity contribution in [1.82, 2.24) is 14.5 Å². The Kier molecular flexibility index (Phi) is 7.82. The monoisotopic (exact) mass is 455 g/mol. The summed E-state index contributed by atoms with van der Waals surface area (Å²) in [5.41, 5.74) is 1.43. The molecule has 2 aliphatic rings. The van der Waals surface area contributed by atoms with Gasteiger partial charge < -0.3 is 5.32 Å². The van der Waals surface area contributed by atoms with Gasteiger partial charge in [-0.15, -0.1) is 0 Å². The van der Waals surface area contributed by atoms with Crippen molar-refractivity contribution < 1.29 is 13.2 Å². The fourth-order valence-electron chi connectivity index (χ4n) is 4.72. The normalized spacial score (nSPS) is 20.8. The Morgan fingerprint density at radius 1 is 1.13 bits per heavy atom. The van der Waals surface area contributed by atoms with E-state index in [0.717, 1.165) is 44.3 Å². The molecule has 0 bridgehead atoms. The van der Waals surface area contributed by atoms with Crippen LogP contribution in [0, 0.1) is 6.92 Å². The van der Waals surface area contributed by atoms with Crippen molar-refractivity contribution in [1.29, 1.82) is 0 Å². The van der Waals surface area contributed by atoms with Crippen molar-refractivity contribution in [2.24, 2.45) is 0 Å². The Morgan fingerprint density at radius 3 is 2.40 bits per heavy atom. The van der Waals surface area contributed by atoms with Crippen LogP contribution in [0.1, 0.15) is 61.4 Å². The number of aryl methyl sites for hydroxylation is 1. The summed E-state index contributed by atoms with van der Waals surface area (Å²) in [5, 5.41) is 3.74. The zero-order valence-electron chi connectivity index (χ0n) is 18.1. The van der Waals surface area contributed by atoms with Gasteiger partial charge in [0, 0.05) is 48.8 Å². The number of nitrogens with zero attached hydrogens (tertiary/aromatic N) is 2. The van der Waals surface area contributed by atoms with Gasteiger partial charge in [0.15, 0.2) is 0 Å². The minimum absolute atomic E-state index is 0.0942. The Morgan fingerprint density at radius 2 is 1.80 bits per heavy atom. The van der Waals surface area contributed by atoms with Crippen LogP contribution in [0.4, 0.5) is 0 Å². The predicted molar refractivity (Wildman–Crippen MR) is 122 cm³/mol. The number of nitrogens with one attached hydrogen (secondary N) is 1. The van der Waals surface area contributed by atoms with Crippen molar-refractivity contribution in [3.05, 3.63) is 34.3 Å². The molecule has 0 spiro atoms. The molecule has 1 aliphatic heterocycles. The van der Waals surface area contributed by atoms with E-state index in [2.05, 4.69) is 10.2 Å². The number of carbonyl (C=O) groups excluding carboxylic acids is 1. The first kappa shape index (κ1) is 23.5. The molecule has 3 rings (SSSR count). The molecule has 1 aromatic carbocycles. The highest BCUT2D eigenvalue weighted by atomic mass is 35.5. The Bertz CT molecular complexity index is 845. The average molecular weight is 456 g/mol. The Balaban J connectivity index is 1.66. The summed E-state index contributed by atoms with van der Waals surface area (Å²) < 4.78 is 26.5. The van der Waals surface area contributed by atoms with Crippen molar-refractivity contribution in [2.75, 3.05) is 38.5 Å². The maximum atomic E-state index is 12.8. The molecule has 1 N–H and O–H groups in total. The minimum Gasteiger partial charge on any atom is -0.350 e. The van der Waals surface area contributed by atoms with Crippen LogP contribution in [0.25, 0.3) is 0 Å². The molecule has 0 atom stereocenters. The summed E-state index contributed by atoms with van der Waals surface area (Å²) in [7, 11) is -3.15. The lowest BCUT2D eigenvalue weighted by Crippen LogP contribution is -2.62. The highest BCUT2D eigenvalue weighted by Gasteiger charge is 2.40. The van der Waals surface area contributed by atoms with Crippen molar-refractivity contribution >= 4 is 27.5 Å². The third-order valence-corrected chi connectivity index (χ3v) is 9.04. The molecule has 1 saturated heterocycles. The first-order valence-corrected chi connectivity index (χ1v) is 13.0. The third kappa shape index (κ3) is 5.36. The summed E-state index contributed by atoms with van der Waals surface area (Å²) in [6, 6.07) is 5.39. The SMILES string of the molecule is CCCS(=O)(=O)N1CCN(C2(CNC(=O)c3ccc(C)c(Cl)c3)CCCCC2)CC1. The van der Waals surface area contributed by atoms with Crippen molar-refractivity contribution in [2.45, 2.75) is 57.9 Å². The molecule has 8 heteroatoms. The van der Waals surface area contributed by atoms with Crippen LogP contribution in [0.3, 0.4) is 0 Å². The van der Waals surface area contributed by atoms with E-state index in [1.165, 1.54) is 6.42 Å². The molecule has 30 heavy (non-hydrogen) atoms. The van der Waals surface area contributed by atoms with Crippen LogP contribution < -0.4 is 5.32 Å². The van der Waals surface area contributed by atoms with E-state index in [-0.39, 0.29) is 17.2 Å². The molecule has 1 saturated carbocycles. The number of halogens is 1. The second-order valence-electron chi connectivity index (χ2n) is 8.63. The first-order chi connectivity index (χ1) is 14.3. The molecular formula is C22H34ClN3O3S. The van der Waals surface area contributed by atoms with Gasteiger partial charge in [0.25, 0.3) is 5.91 Å². The van der Waals surface area contributed by atoms with E-state index in [0.29, 0.717) is 36.6 Å². The van der Waals surface area contributed by atoms with Gasteiger partial charge in [-0.25, -0.2) is 8.42 Å². The van der Waals surface area contributed by atoms with Gasteiger partial charge in [-0.1, -0.05) is 43.9 Å². The van der Waals surface area contributed by atoms with Gasteiger partial charge in [-0.2, -0.15) is 4.31 Å². The summed E-state index contributed by atoms with van der Waals surface area (Å²) in [6.07, 6.45) is 6.20. The zero-order chi connectivity index (χ0) is 21.8. The highest BCUT2D eigenvalue weighted by molar-refractivity contribution is 7.89. The Hall–Kier alpha value is -1.15. The molecule has 1 amide bonds. The van der Waals surface area contributed by atoms with Crippen molar-refractivity contribution in [3.8, 4) is 0 Å². The third-order valence-electron chi connectivity index (χ3n) is 6.56. The van der Waals surface area contributed by atoms with Crippen molar-refractivity contribution in [3.63, 3.8) is 0 Å². The lowest BCUT2D eigenvalue weighted by Gasteiger charge is -2.49. The molecule has 1 aromatic rings. The van der Waals surface area contributed by atoms with Gasteiger partial charge >= 0.3 is 0 Å². The zero-order valence-corrected chi connectivity index (χ0v) is 19.7. The van der Waals surface area contributed by atoms with E-state index in [1.807, 2.05) is 19.9 Å². The van der Waals surface area contributed by atoms with Crippen LogP contribution >= 0.6 is 11.6 Å². The van der Waals surface area contributed by atoms with Crippen LogP contribution in [0.15, 0.2) is 18.2 Å². The topological polar surface area (TPSA) is 69.7 Å². The number of benzene rings is 1. The summed E-state index contributed by atoms with van der Waals surface area (Å²) >= 11 is 6.19. The number of piperazine rings is 1. The van der Waals surface area contributed by atoms with Gasteiger partial charge in [0.05, 0.1) is 5.75 Å². The number of rotatable bonds is 7. The van der Waals surface area contributed by atoms with Gasteiger partial charge in [0.1, 0.15) is 0 Å². The van der Waals surface area contributed by atoms with Crippen LogP contribution in [0.2, 0.25) is 5.02 Å². The highest BCUT2D eigenvalue weighted by Crippen LogP contribution is 2.34. The lowest BCUT2D eigenvalue weighted by atomic mass is 9.79. The molecule has 0 radical (unpaired) electrons. The summed E-state index contributed by atoms with van der Waals surface area (Å²) in [4.78, 5) is 15.2. The molecule has 2 fully saturated rings. The molecule has 0 unspecified atom stereocenters. The first-order valence-electron chi connectivity index (χ1n) is 11.0. The number of hydrogen-bond acceptors (Lipinski definition) is 4. The number of sulfonamides is 1. The van der Waals surface area contributed by atoms with Crippen LogP contribution in [-0.4, -0.2) is 67.5 Å². The second-order valence-corrected chi connectivity index (χ2v) is 11.1. The maximum absolute atomic E-state index is 12.8. The fraction of sp³-hybridized carbons (Fsp3) is 0.682. The molecule has 168 valence electrons. The maximum Gasteiger partial charge on any atom is 0.251 e.